The molecule has 1 atom stereocenters. The highest BCUT2D eigenvalue weighted by molar-refractivity contribution is 5.87. The maximum absolute atomic E-state index is 11.8. The van der Waals surface area contributed by atoms with E-state index in [9.17, 15) is 9.59 Å². The normalized spacial score (nSPS) is 18.5. The summed E-state index contributed by atoms with van der Waals surface area (Å²) in [6.07, 6.45) is 2.87. The van der Waals surface area contributed by atoms with Gasteiger partial charge in [0.05, 0.1) is 13.0 Å². The van der Waals surface area contributed by atoms with Crippen molar-refractivity contribution in [3.8, 4) is 5.75 Å². The molecule has 5 nitrogen and oxygen atoms in total. The van der Waals surface area contributed by atoms with Crippen LogP contribution in [0.25, 0.3) is 0 Å². The summed E-state index contributed by atoms with van der Waals surface area (Å²) in [4.78, 5) is 23.6. The van der Waals surface area contributed by atoms with E-state index < -0.39 is 6.04 Å². The average Bonchev–Trinajstić information content (AvgIpc) is 2.66. The lowest BCUT2D eigenvalue weighted by molar-refractivity contribution is -0.129. The van der Waals surface area contributed by atoms with Crippen LogP contribution in [0.3, 0.4) is 0 Å². The van der Waals surface area contributed by atoms with E-state index in [0.717, 1.165) is 18.6 Å². The van der Waals surface area contributed by atoms with Crippen molar-refractivity contribution in [3.63, 3.8) is 0 Å². The van der Waals surface area contributed by atoms with Crippen molar-refractivity contribution in [1.29, 1.82) is 0 Å². The SMILES string of the molecule is Cc1ccc(OCCC(=O)N[C@@H]2CCCCNC2=O)cc1. The van der Waals surface area contributed by atoms with E-state index in [2.05, 4.69) is 10.6 Å². The topological polar surface area (TPSA) is 67.4 Å². The third kappa shape index (κ3) is 5.10. The zero-order valence-electron chi connectivity index (χ0n) is 12.4. The van der Waals surface area contributed by atoms with Gasteiger partial charge in [-0.15, -0.1) is 0 Å². The van der Waals surface area contributed by atoms with Gasteiger partial charge in [0.1, 0.15) is 11.8 Å². The van der Waals surface area contributed by atoms with Crippen molar-refractivity contribution < 1.29 is 14.3 Å². The number of hydrogen-bond acceptors (Lipinski definition) is 3. The Balaban J connectivity index is 1.71. The first-order valence-corrected chi connectivity index (χ1v) is 7.42. The van der Waals surface area contributed by atoms with E-state index in [1.807, 2.05) is 31.2 Å². The Morgan fingerprint density at radius 2 is 2.10 bits per heavy atom. The van der Waals surface area contributed by atoms with Crippen molar-refractivity contribution >= 4 is 11.8 Å². The Kier molecular flexibility index (Phi) is 5.60. The van der Waals surface area contributed by atoms with Crippen LogP contribution < -0.4 is 15.4 Å². The predicted octanol–water partition coefficient (Wildman–Crippen LogP) is 1.55. The van der Waals surface area contributed by atoms with E-state index in [1.165, 1.54) is 5.56 Å². The number of ether oxygens (including phenoxy) is 1. The lowest BCUT2D eigenvalue weighted by Crippen LogP contribution is -2.45. The van der Waals surface area contributed by atoms with Gasteiger partial charge in [-0.3, -0.25) is 9.59 Å². The van der Waals surface area contributed by atoms with Gasteiger partial charge < -0.3 is 15.4 Å². The molecule has 1 aromatic rings. The molecule has 1 saturated heterocycles. The van der Waals surface area contributed by atoms with E-state index in [4.69, 9.17) is 4.74 Å². The molecule has 0 bridgehead atoms. The molecule has 0 saturated carbocycles. The second-order valence-corrected chi connectivity index (χ2v) is 5.32. The van der Waals surface area contributed by atoms with Crippen LogP contribution in [-0.4, -0.2) is 31.0 Å². The van der Waals surface area contributed by atoms with Gasteiger partial charge in [-0.25, -0.2) is 0 Å². The first-order valence-electron chi connectivity index (χ1n) is 7.42. The van der Waals surface area contributed by atoms with Crippen LogP contribution in [0, 0.1) is 6.92 Å². The molecule has 0 aromatic heterocycles. The molecule has 1 aliphatic rings. The van der Waals surface area contributed by atoms with Crippen LogP contribution in [0.15, 0.2) is 24.3 Å². The van der Waals surface area contributed by atoms with Gasteiger partial charge in [0.25, 0.3) is 0 Å². The number of aryl methyl sites for hydroxylation is 1. The molecule has 1 heterocycles. The molecule has 2 rings (SSSR count). The molecule has 1 aromatic carbocycles. The highest BCUT2D eigenvalue weighted by atomic mass is 16.5. The van der Waals surface area contributed by atoms with E-state index in [1.54, 1.807) is 0 Å². The van der Waals surface area contributed by atoms with Gasteiger partial charge in [0.2, 0.25) is 11.8 Å². The Morgan fingerprint density at radius 1 is 1.33 bits per heavy atom. The zero-order valence-corrected chi connectivity index (χ0v) is 12.4. The molecule has 2 N–H and O–H groups in total. The van der Waals surface area contributed by atoms with Gasteiger partial charge in [0, 0.05) is 6.54 Å². The Bertz CT molecular complexity index is 485. The Labute approximate surface area is 125 Å². The second-order valence-electron chi connectivity index (χ2n) is 5.32. The quantitative estimate of drug-likeness (QED) is 0.864. The molecular weight excluding hydrogens is 268 g/mol. The van der Waals surface area contributed by atoms with Crippen molar-refractivity contribution in [1.82, 2.24) is 10.6 Å². The average molecular weight is 290 g/mol. The van der Waals surface area contributed by atoms with Crippen molar-refractivity contribution in [2.45, 2.75) is 38.6 Å². The molecule has 1 fully saturated rings. The first kappa shape index (κ1) is 15.4. The molecule has 1 aliphatic heterocycles. The van der Waals surface area contributed by atoms with Gasteiger partial charge in [-0.2, -0.15) is 0 Å². The molecule has 0 spiro atoms. The summed E-state index contributed by atoms with van der Waals surface area (Å²) in [6, 6.07) is 7.29. The number of carbonyl (C=O) groups is 2. The fourth-order valence-corrected chi connectivity index (χ4v) is 2.24. The minimum absolute atomic E-state index is 0.0831. The number of hydrogen-bond donors (Lipinski definition) is 2. The third-order valence-electron chi connectivity index (χ3n) is 3.49. The maximum atomic E-state index is 11.8. The summed E-state index contributed by atoms with van der Waals surface area (Å²) < 4.78 is 5.51. The van der Waals surface area contributed by atoms with Gasteiger partial charge >= 0.3 is 0 Å². The molecule has 0 unspecified atom stereocenters. The van der Waals surface area contributed by atoms with Crippen LogP contribution in [-0.2, 0) is 9.59 Å². The predicted molar refractivity (Wildman–Crippen MR) is 80.1 cm³/mol. The second kappa shape index (κ2) is 7.67. The van der Waals surface area contributed by atoms with Gasteiger partial charge in [-0.05, 0) is 38.3 Å². The van der Waals surface area contributed by atoms with E-state index in [0.29, 0.717) is 19.6 Å². The van der Waals surface area contributed by atoms with Crippen molar-refractivity contribution in [3.05, 3.63) is 29.8 Å². The fraction of sp³-hybridized carbons (Fsp3) is 0.500. The number of nitrogens with one attached hydrogen (secondary N) is 2. The van der Waals surface area contributed by atoms with E-state index >= 15 is 0 Å². The highest BCUT2D eigenvalue weighted by Crippen LogP contribution is 2.11. The molecule has 21 heavy (non-hydrogen) atoms. The smallest absolute Gasteiger partial charge is 0.242 e. The lowest BCUT2D eigenvalue weighted by Gasteiger charge is -2.15. The Hall–Kier alpha value is -2.04. The molecule has 114 valence electrons. The highest BCUT2D eigenvalue weighted by Gasteiger charge is 2.21. The van der Waals surface area contributed by atoms with Gasteiger partial charge in [-0.1, -0.05) is 17.7 Å². The zero-order chi connectivity index (χ0) is 15.1. The molecule has 5 heteroatoms. The summed E-state index contributed by atoms with van der Waals surface area (Å²) in [7, 11) is 0. The molecule has 2 amide bonds. The minimum Gasteiger partial charge on any atom is -0.493 e. The molecule has 0 radical (unpaired) electrons. The summed E-state index contributed by atoms with van der Waals surface area (Å²) in [5.41, 5.74) is 1.17. The molecular formula is C16H22N2O3. The monoisotopic (exact) mass is 290 g/mol. The fourth-order valence-electron chi connectivity index (χ4n) is 2.24. The molecule has 0 aliphatic carbocycles. The maximum Gasteiger partial charge on any atom is 0.242 e. The summed E-state index contributed by atoms with van der Waals surface area (Å²) in [5, 5.41) is 5.58. The lowest BCUT2D eigenvalue weighted by atomic mass is 10.1. The number of carbonyl (C=O) groups excluding carboxylic acids is 2. The van der Waals surface area contributed by atoms with Crippen LogP contribution in [0.4, 0.5) is 0 Å². The van der Waals surface area contributed by atoms with Crippen LogP contribution >= 0.6 is 0 Å². The summed E-state index contributed by atoms with van der Waals surface area (Å²) in [5.74, 6) is 0.519. The summed E-state index contributed by atoms with van der Waals surface area (Å²) in [6.45, 7) is 3.01. The van der Waals surface area contributed by atoms with Gasteiger partial charge in [0.15, 0.2) is 0 Å². The standard InChI is InChI=1S/C16H22N2O3/c1-12-5-7-13(8-6-12)21-11-9-15(19)18-14-4-2-3-10-17-16(14)20/h5-8,14H,2-4,9-11H2,1H3,(H,17,20)(H,18,19)/t14-/m1/s1. The first-order chi connectivity index (χ1) is 10.1. The van der Waals surface area contributed by atoms with Crippen LogP contribution in [0.1, 0.15) is 31.2 Å². The van der Waals surface area contributed by atoms with Crippen LogP contribution in [0.5, 0.6) is 5.75 Å². The largest absolute Gasteiger partial charge is 0.493 e. The number of benzene rings is 1. The summed E-state index contributed by atoms with van der Waals surface area (Å²) >= 11 is 0. The number of rotatable bonds is 5. The van der Waals surface area contributed by atoms with Crippen molar-refractivity contribution in [2.24, 2.45) is 0 Å². The van der Waals surface area contributed by atoms with Crippen molar-refractivity contribution in [2.75, 3.05) is 13.2 Å². The Morgan fingerprint density at radius 3 is 2.86 bits per heavy atom. The minimum atomic E-state index is -0.403. The van der Waals surface area contributed by atoms with Crippen LogP contribution in [0.2, 0.25) is 0 Å². The number of amides is 2. The third-order valence-corrected chi connectivity index (χ3v) is 3.49. The van der Waals surface area contributed by atoms with E-state index in [-0.39, 0.29) is 18.2 Å².